The van der Waals surface area contributed by atoms with Crippen LogP contribution in [-0.4, -0.2) is 53.4 Å². The quantitative estimate of drug-likeness (QED) is 0.284. The summed E-state index contributed by atoms with van der Waals surface area (Å²) in [5, 5.41) is 12.3. The number of nitrogens with one attached hydrogen (secondary N) is 1. The Morgan fingerprint density at radius 2 is 1.81 bits per heavy atom. The molecule has 0 aliphatic heterocycles. The Labute approximate surface area is 215 Å². The Kier molecular flexibility index (Phi) is 8.64. The first-order valence-corrected chi connectivity index (χ1v) is 11.7. The van der Waals surface area contributed by atoms with Gasteiger partial charge in [0.15, 0.2) is 5.69 Å². The SMILES string of the molecule is CCOC(=O)CNC(=O)[C@H](c1ccc(O)cc1)N(C(=O)c1snc(C(N)=O)c1N)c1ccccc1OC. The summed E-state index contributed by atoms with van der Waals surface area (Å²) in [6, 6.07) is 10.7. The molecule has 194 valence electrons. The summed E-state index contributed by atoms with van der Waals surface area (Å²) < 4.78 is 14.2. The van der Waals surface area contributed by atoms with Gasteiger partial charge in [-0.2, -0.15) is 4.37 Å². The van der Waals surface area contributed by atoms with E-state index in [1.807, 2.05) is 0 Å². The molecule has 0 fully saturated rings. The van der Waals surface area contributed by atoms with E-state index >= 15 is 0 Å². The number of rotatable bonds is 10. The number of phenols is 1. The summed E-state index contributed by atoms with van der Waals surface area (Å²) >= 11 is 0.647. The third-order valence-electron chi connectivity index (χ3n) is 5.15. The molecule has 12 nitrogen and oxygen atoms in total. The van der Waals surface area contributed by atoms with Gasteiger partial charge in [0.2, 0.25) is 5.91 Å². The molecule has 3 rings (SSSR count). The Morgan fingerprint density at radius 3 is 2.41 bits per heavy atom. The number of carbonyl (C=O) groups is 4. The van der Waals surface area contributed by atoms with Gasteiger partial charge in [0.1, 0.15) is 29.0 Å². The van der Waals surface area contributed by atoms with Gasteiger partial charge in [-0.3, -0.25) is 24.1 Å². The fourth-order valence-electron chi connectivity index (χ4n) is 3.48. The fourth-order valence-corrected chi connectivity index (χ4v) is 4.22. The zero-order chi connectivity index (χ0) is 27.1. The number of nitrogens with zero attached hydrogens (tertiary/aromatic N) is 2. The molecule has 0 radical (unpaired) electrons. The van der Waals surface area contributed by atoms with E-state index in [9.17, 15) is 24.3 Å². The standard InChI is InChI=1S/C24H25N5O7S/c1-3-36-17(31)12-27-23(33)20(13-8-10-14(30)11-9-13)29(15-6-4-5-7-16(15)35-2)24(34)21-18(25)19(22(26)32)28-37-21/h4-11,20,30H,3,12,25H2,1-2H3,(H2,26,32)(H,27,33)/t20-/m0/s1. The number of hydrogen-bond acceptors (Lipinski definition) is 10. The number of primary amides is 1. The van der Waals surface area contributed by atoms with Crippen molar-refractivity contribution in [2.75, 3.05) is 30.9 Å². The predicted molar refractivity (Wildman–Crippen MR) is 135 cm³/mol. The number of benzene rings is 2. The Balaban J connectivity index is 2.20. The number of nitrogens with two attached hydrogens (primary N) is 2. The van der Waals surface area contributed by atoms with E-state index in [-0.39, 0.29) is 45.6 Å². The van der Waals surface area contributed by atoms with Crippen molar-refractivity contribution in [3.8, 4) is 11.5 Å². The van der Waals surface area contributed by atoms with Gasteiger partial charge in [-0.1, -0.05) is 24.3 Å². The molecule has 0 saturated carbocycles. The highest BCUT2D eigenvalue weighted by Crippen LogP contribution is 2.38. The number of aromatic hydroxyl groups is 1. The van der Waals surface area contributed by atoms with E-state index in [4.69, 9.17) is 20.9 Å². The second-order valence-corrected chi connectivity index (χ2v) is 8.28. The number of nitrogen functional groups attached to an aromatic ring is 1. The molecule has 3 aromatic rings. The zero-order valence-corrected chi connectivity index (χ0v) is 20.8. The minimum Gasteiger partial charge on any atom is -0.508 e. The average molecular weight is 528 g/mol. The number of aromatic nitrogens is 1. The second kappa shape index (κ2) is 11.9. The van der Waals surface area contributed by atoms with Gasteiger partial charge in [-0.25, -0.2) is 0 Å². The van der Waals surface area contributed by atoms with E-state index in [1.54, 1.807) is 31.2 Å². The monoisotopic (exact) mass is 527 g/mol. The maximum Gasteiger partial charge on any atom is 0.325 e. The fraction of sp³-hybridized carbons (Fsp3) is 0.208. The molecule has 1 atom stereocenters. The lowest BCUT2D eigenvalue weighted by molar-refractivity contribution is -0.143. The minimum absolute atomic E-state index is 0.0672. The number of anilines is 2. The number of hydrogen-bond donors (Lipinski definition) is 4. The molecule has 37 heavy (non-hydrogen) atoms. The van der Waals surface area contributed by atoms with Crippen LogP contribution < -0.4 is 26.4 Å². The molecule has 13 heteroatoms. The van der Waals surface area contributed by atoms with Crippen LogP contribution in [0.25, 0.3) is 0 Å². The summed E-state index contributed by atoms with van der Waals surface area (Å²) in [5.41, 5.74) is 11.3. The van der Waals surface area contributed by atoms with Crippen LogP contribution in [-0.2, 0) is 14.3 Å². The lowest BCUT2D eigenvalue weighted by atomic mass is 10.0. The highest BCUT2D eigenvalue weighted by atomic mass is 32.1. The van der Waals surface area contributed by atoms with E-state index in [2.05, 4.69) is 9.69 Å². The molecule has 0 spiro atoms. The van der Waals surface area contributed by atoms with Crippen molar-refractivity contribution in [2.24, 2.45) is 5.73 Å². The summed E-state index contributed by atoms with van der Waals surface area (Å²) in [5.74, 6) is -2.93. The zero-order valence-electron chi connectivity index (χ0n) is 20.0. The molecule has 2 aromatic carbocycles. The van der Waals surface area contributed by atoms with Crippen molar-refractivity contribution in [3.05, 3.63) is 64.7 Å². The van der Waals surface area contributed by atoms with Crippen molar-refractivity contribution in [1.29, 1.82) is 0 Å². The molecule has 0 saturated heterocycles. The molecular weight excluding hydrogens is 502 g/mol. The van der Waals surface area contributed by atoms with Crippen molar-refractivity contribution in [1.82, 2.24) is 9.69 Å². The maximum absolute atomic E-state index is 14.0. The smallest absolute Gasteiger partial charge is 0.325 e. The molecule has 6 N–H and O–H groups in total. The Bertz CT molecular complexity index is 1310. The van der Waals surface area contributed by atoms with Crippen LogP contribution in [0.5, 0.6) is 11.5 Å². The van der Waals surface area contributed by atoms with Crippen molar-refractivity contribution < 1.29 is 33.8 Å². The largest absolute Gasteiger partial charge is 0.508 e. The summed E-state index contributed by atoms with van der Waals surface area (Å²) in [6.07, 6.45) is 0. The first-order valence-electron chi connectivity index (χ1n) is 10.9. The van der Waals surface area contributed by atoms with Gasteiger partial charge in [0, 0.05) is 0 Å². The summed E-state index contributed by atoms with van der Waals surface area (Å²) in [6.45, 7) is 1.29. The van der Waals surface area contributed by atoms with Crippen LogP contribution in [0.15, 0.2) is 48.5 Å². The van der Waals surface area contributed by atoms with Crippen molar-refractivity contribution in [3.63, 3.8) is 0 Å². The normalized spacial score (nSPS) is 11.3. The molecule has 0 aliphatic carbocycles. The van der Waals surface area contributed by atoms with E-state index < -0.39 is 36.3 Å². The summed E-state index contributed by atoms with van der Waals surface area (Å²) in [4.78, 5) is 52.1. The van der Waals surface area contributed by atoms with Crippen molar-refractivity contribution >= 4 is 46.6 Å². The van der Waals surface area contributed by atoms with Crippen LogP contribution in [0.4, 0.5) is 11.4 Å². The second-order valence-electron chi connectivity index (χ2n) is 7.50. The Morgan fingerprint density at radius 1 is 1.14 bits per heavy atom. The average Bonchev–Trinajstić information content (AvgIpc) is 3.28. The van der Waals surface area contributed by atoms with Crippen LogP contribution in [0.2, 0.25) is 0 Å². The highest BCUT2D eigenvalue weighted by molar-refractivity contribution is 7.09. The van der Waals surface area contributed by atoms with Gasteiger partial charge >= 0.3 is 5.97 Å². The molecule has 3 amide bonds. The third-order valence-corrected chi connectivity index (χ3v) is 6.00. The molecular formula is C24H25N5O7S. The molecule has 0 unspecified atom stereocenters. The van der Waals surface area contributed by atoms with Gasteiger partial charge in [-0.05, 0) is 48.3 Å². The number of ether oxygens (including phenoxy) is 2. The van der Waals surface area contributed by atoms with E-state index in [0.29, 0.717) is 11.5 Å². The van der Waals surface area contributed by atoms with Gasteiger partial charge in [-0.15, -0.1) is 0 Å². The van der Waals surface area contributed by atoms with E-state index in [0.717, 1.165) is 4.90 Å². The van der Waals surface area contributed by atoms with Crippen LogP contribution in [0.3, 0.4) is 0 Å². The van der Waals surface area contributed by atoms with Crippen LogP contribution in [0.1, 0.15) is 38.7 Å². The highest BCUT2D eigenvalue weighted by Gasteiger charge is 2.37. The summed E-state index contributed by atoms with van der Waals surface area (Å²) in [7, 11) is 1.39. The van der Waals surface area contributed by atoms with Gasteiger partial charge in [0.05, 0.1) is 25.1 Å². The first-order chi connectivity index (χ1) is 17.7. The number of para-hydroxylation sites is 2. The topological polar surface area (TPSA) is 187 Å². The molecule has 0 bridgehead atoms. The number of phenolic OH excluding ortho intramolecular Hbond substituents is 1. The predicted octanol–water partition coefficient (Wildman–Crippen LogP) is 1.61. The molecule has 0 aliphatic rings. The van der Waals surface area contributed by atoms with Gasteiger partial charge < -0.3 is 31.4 Å². The maximum atomic E-state index is 14.0. The van der Waals surface area contributed by atoms with E-state index in [1.165, 1.54) is 31.4 Å². The van der Waals surface area contributed by atoms with Crippen molar-refractivity contribution in [2.45, 2.75) is 13.0 Å². The minimum atomic E-state index is -1.38. The number of methoxy groups -OCH3 is 1. The third kappa shape index (κ3) is 5.95. The lowest BCUT2D eigenvalue weighted by Crippen LogP contribution is -2.45. The Hall–Kier alpha value is -4.65. The molecule has 1 heterocycles. The number of carbonyl (C=O) groups excluding carboxylic acids is 4. The molecule has 1 aromatic heterocycles. The lowest BCUT2D eigenvalue weighted by Gasteiger charge is -2.32. The van der Waals surface area contributed by atoms with Crippen LogP contribution >= 0.6 is 11.5 Å². The first kappa shape index (κ1) is 26.9. The van der Waals surface area contributed by atoms with Crippen LogP contribution in [0, 0.1) is 0 Å². The number of amides is 3. The number of esters is 1. The van der Waals surface area contributed by atoms with Gasteiger partial charge in [0.25, 0.3) is 11.8 Å².